The van der Waals surface area contributed by atoms with Crippen molar-refractivity contribution in [3.63, 3.8) is 0 Å². The molecule has 0 radical (unpaired) electrons. The van der Waals surface area contributed by atoms with Gasteiger partial charge >= 0.3 is 0 Å². The molecule has 1 amide bonds. The van der Waals surface area contributed by atoms with Gasteiger partial charge in [0.2, 0.25) is 0 Å². The van der Waals surface area contributed by atoms with Gasteiger partial charge in [-0.1, -0.05) is 27.7 Å². The molecule has 0 aliphatic rings. The number of hydrogen-bond acceptors (Lipinski definition) is 4. The zero-order valence-electron chi connectivity index (χ0n) is 13.2. The van der Waals surface area contributed by atoms with Gasteiger partial charge in [-0.05, 0) is 18.8 Å². The van der Waals surface area contributed by atoms with Crippen molar-refractivity contribution in [2.24, 2.45) is 11.8 Å². The summed E-state index contributed by atoms with van der Waals surface area (Å²) in [6.07, 6.45) is 3.17. The Morgan fingerprint density at radius 3 is 2.30 bits per heavy atom. The van der Waals surface area contributed by atoms with E-state index in [1.165, 1.54) is 6.20 Å². The van der Waals surface area contributed by atoms with Crippen molar-refractivity contribution >= 4 is 11.7 Å². The molecule has 5 heteroatoms. The predicted octanol–water partition coefficient (Wildman–Crippen LogP) is 2.66. The molecule has 0 bridgehead atoms. The molecule has 112 valence electrons. The first-order chi connectivity index (χ1) is 9.43. The van der Waals surface area contributed by atoms with Gasteiger partial charge in [0.25, 0.3) is 5.91 Å². The predicted molar refractivity (Wildman–Crippen MR) is 81.8 cm³/mol. The molecular formula is C15H26N4O. The minimum absolute atomic E-state index is 0.0420. The Morgan fingerprint density at radius 2 is 1.80 bits per heavy atom. The van der Waals surface area contributed by atoms with Gasteiger partial charge in [0, 0.05) is 19.6 Å². The quantitative estimate of drug-likeness (QED) is 0.833. The molecule has 1 aromatic heterocycles. The SMILES string of the molecule is CCNc1cncc(C(=O)N(CC(C)C)CC(C)C)n1. The zero-order chi connectivity index (χ0) is 15.1. The molecule has 0 saturated heterocycles. The van der Waals surface area contributed by atoms with E-state index in [0.29, 0.717) is 23.3 Å². The third-order valence-corrected chi connectivity index (χ3v) is 2.67. The summed E-state index contributed by atoms with van der Waals surface area (Å²) >= 11 is 0. The molecule has 1 N–H and O–H groups in total. The van der Waals surface area contributed by atoms with E-state index < -0.39 is 0 Å². The van der Waals surface area contributed by atoms with E-state index in [0.717, 1.165) is 19.6 Å². The fraction of sp³-hybridized carbons (Fsp3) is 0.667. The van der Waals surface area contributed by atoms with E-state index in [1.807, 2.05) is 11.8 Å². The summed E-state index contributed by atoms with van der Waals surface area (Å²) in [6, 6.07) is 0. The van der Waals surface area contributed by atoms with Crippen molar-refractivity contribution < 1.29 is 4.79 Å². The summed E-state index contributed by atoms with van der Waals surface area (Å²) in [4.78, 5) is 22.9. The fourth-order valence-electron chi connectivity index (χ4n) is 2.02. The lowest BCUT2D eigenvalue weighted by molar-refractivity contribution is 0.0709. The lowest BCUT2D eigenvalue weighted by Gasteiger charge is -2.26. The molecule has 0 atom stereocenters. The number of amides is 1. The highest BCUT2D eigenvalue weighted by atomic mass is 16.2. The lowest BCUT2D eigenvalue weighted by Crippen LogP contribution is -2.37. The number of anilines is 1. The van der Waals surface area contributed by atoms with Gasteiger partial charge in [0.15, 0.2) is 0 Å². The summed E-state index contributed by atoms with van der Waals surface area (Å²) in [6.45, 7) is 12.7. The molecule has 1 heterocycles. The Kier molecular flexibility index (Phi) is 6.42. The highest BCUT2D eigenvalue weighted by Gasteiger charge is 2.19. The van der Waals surface area contributed by atoms with Crippen molar-refractivity contribution in [2.45, 2.75) is 34.6 Å². The van der Waals surface area contributed by atoms with Crippen LogP contribution >= 0.6 is 0 Å². The summed E-state index contributed by atoms with van der Waals surface area (Å²) < 4.78 is 0. The van der Waals surface area contributed by atoms with E-state index in [2.05, 4.69) is 43.0 Å². The van der Waals surface area contributed by atoms with Crippen molar-refractivity contribution in [1.82, 2.24) is 14.9 Å². The Balaban J connectivity index is 2.89. The summed E-state index contributed by atoms with van der Waals surface area (Å²) in [5.41, 5.74) is 0.407. The molecule has 0 fully saturated rings. The van der Waals surface area contributed by atoms with E-state index in [-0.39, 0.29) is 5.91 Å². The molecule has 1 aromatic rings. The van der Waals surface area contributed by atoms with E-state index in [9.17, 15) is 4.79 Å². The molecule has 5 nitrogen and oxygen atoms in total. The van der Waals surface area contributed by atoms with Gasteiger partial charge in [0.1, 0.15) is 11.5 Å². The first-order valence-electron chi connectivity index (χ1n) is 7.29. The van der Waals surface area contributed by atoms with Crippen molar-refractivity contribution in [1.29, 1.82) is 0 Å². The summed E-state index contributed by atoms with van der Waals surface area (Å²) in [5.74, 6) is 1.47. The molecule has 1 rings (SSSR count). The van der Waals surface area contributed by atoms with Gasteiger partial charge in [-0.25, -0.2) is 4.98 Å². The summed E-state index contributed by atoms with van der Waals surface area (Å²) in [5, 5.41) is 3.08. The zero-order valence-corrected chi connectivity index (χ0v) is 13.2. The first-order valence-corrected chi connectivity index (χ1v) is 7.29. The number of nitrogens with zero attached hydrogens (tertiary/aromatic N) is 3. The molecular weight excluding hydrogens is 252 g/mol. The number of hydrogen-bond donors (Lipinski definition) is 1. The van der Waals surface area contributed by atoms with Gasteiger partial charge in [-0.2, -0.15) is 0 Å². The standard InChI is InChI=1S/C15H26N4O/c1-6-17-14-8-16-7-13(18-14)15(20)19(9-11(2)3)10-12(4)5/h7-8,11-12H,6,9-10H2,1-5H3,(H,17,18). The second-order valence-corrected chi connectivity index (χ2v) is 5.82. The third kappa shape index (κ3) is 5.15. The molecule has 0 spiro atoms. The van der Waals surface area contributed by atoms with Crippen LogP contribution in [0.4, 0.5) is 5.82 Å². The average molecular weight is 278 g/mol. The minimum atomic E-state index is -0.0420. The van der Waals surface area contributed by atoms with Crippen LogP contribution in [-0.4, -0.2) is 40.4 Å². The van der Waals surface area contributed by atoms with Crippen LogP contribution in [0.2, 0.25) is 0 Å². The largest absolute Gasteiger partial charge is 0.369 e. The smallest absolute Gasteiger partial charge is 0.274 e. The molecule has 0 aliphatic carbocycles. The number of nitrogens with one attached hydrogen (secondary N) is 1. The van der Waals surface area contributed by atoms with Crippen LogP contribution in [0.5, 0.6) is 0 Å². The maximum absolute atomic E-state index is 12.6. The minimum Gasteiger partial charge on any atom is -0.369 e. The Hall–Kier alpha value is -1.65. The molecule has 20 heavy (non-hydrogen) atoms. The van der Waals surface area contributed by atoms with Gasteiger partial charge in [-0.3, -0.25) is 9.78 Å². The fourth-order valence-corrected chi connectivity index (χ4v) is 2.02. The van der Waals surface area contributed by atoms with Crippen LogP contribution in [0.25, 0.3) is 0 Å². The van der Waals surface area contributed by atoms with Gasteiger partial charge in [0.05, 0.1) is 12.4 Å². The van der Waals surface area contributed by atoms with Gasteiger partial charge < -0.3 is 10.2 Å². The van der Waals surface area contributed by atoms with Crippen LogP contribution in [0.3, 0.4) is 0 Å². The molecule has 0 aliphatic heterocycles. The van der Waals surface area contributed by atoms with Crippen molar-refractivity contribution in [3.8, 4) is 0 Å². The van der Waals surface area contributed by atoms with E-state index in [4.69, 9.17) is 0 Å². The highest BCUT2D eigenvalue weighted by Crippen LogP contribution is 2.10. The first kappa shape index (κ1) is 16.4. The Bertz CT molecular complexity index is 422. The number of carbonyl (C=O) groups is 1. The number of aromatic nitrogens is 2. The van der Waals surface area contributed by atoms with E-state index >= 15 is 0 Å². The topological polar surface area (TPSA) is 58.1 Å². The van der Waals surface area contributed by atoms with Crippen molar-refractivity contribution in [2.75, 3.05) is 25.0 Å². The van der Waals surface area contributed by atoms with Crippen LogP contribution in [0, 0.1) is 11.8 Å². The normalized spacial score (nSPS) is 10.9. The van der Waals surface area contributed by atoms with Gasteiger partial charge in [-0.15, -0.1) is 0 Å². The highest BCUT2D eigenvalue weighted by molar-refractivity contribution is 5.92. The third-order valence-electron chi connectivity index (χ3n) is 2.67. The monoisotopic (exact) mass is 278 g/mol. The second-order valence-electron chi connectivity index (χ2n) is 5.82. The van der Waals surface area contributed by atoms with Crippen LogP contribution < -0.4 is 5.32 Å². The molecule has 0 saturated carbocycles. The van der Waals surface area contributed by atoms with E-state index in [1.54, 1.807) is 6.20 Å². The Morgan fingerprint density at radius 1 is 1.20 bits per heavy atom. The Labute approximate surface area is 121 Å². The summed E-state index contributed by atoms with van der Waals surface area (Å²) in [7, 11) is 0. The van der Waals surface area contributed by atoms with Crippen LogP contribution in [-0.2, 0) is 0 Å². The molecule has 0 aromatic carbocycles. The molecule has 0 unspecified atom stereocenters. The second kappa shape index (κ2) is 7.82. The lowest BCUT2D eigenvalue weighted by atomic mass is 10.1. The average Bonchev–Trinajstić information content (AvgIpc) is 2.37. The van der Waals surface area contributed by atoms with Crippen molar-refractivity contribution in [3.05, 3.63) is 18.1 Å². The van der Waals surface area contributed by atoms with Crippen LogP contribution in [0.15, 0.2) is 12.4 Å². The number of carbonyl (C=O) groups excluding carboxylic acids is 1. The van der Waals surface area contributed by atoms with Crippen LogP contribution in [0.1, 0.15) is 45.1 Å². The maximum Gasteiger partial charge on any atom is 0.274 e. The number of rotatable bonds is 7. The maximum atomic E-state index is 12.6.